The van der Waals surface area contributed by atoms with Crippen LogP contribution in [0.2, 0.25) is 0 Å². The topological polar surface area (TPSA) is 80.1 Å². The Hall–Kier alpha value is -2.77. The van der Waals surface area contributed by atoms with Gasteiger partial charge in [-0.15, -0.1) is 0 Å². The van der Waals surface area contributed by atoms with Gasteiger partial charge in [0.15, 0.2) is 0 Å². The number of aryl methyl sites for hydroxylation is 2. The fourth-order valence-corrected chi connectivity index (χ4v) is 2.91. The second-order valence-corrected chi connectivity index (χ2v) is 6.12. The van der Waals surface area contributed by atoms with Crippen LogP contribution in [0.5, 0.6) is 0 Å². The van der Waals surface area contributed by atoms with E-state index >= 15 is 0 Å². The molecule has 0 radical (unpaired) electrons. The van der Waals surface area contributed by atoms with Gasteiger partial charge in [0.25, 0.3) is 0 Å². The predicted octanol–water partition coefficient (Wildman–Crippen LogP) is 1.43. The van der Waals surface area contributed by atoms with Crippen molar-refractivity contribution in [3.8, 4) is 0 Å². The van der Waals surface area contributed by atoms with Crippen LogP contribution in [0.3, 0.4) is 0 Å². The van der Waals surface area contributed by atoms with Gasteiger partial charge in [0, 0.05) is 13.0 Å². The second kappa shape index (κ2) is 7.42. The lowest BCUT2D eigenvalue weighted by molar-refractivity contribution is -0.128. The number of carbonyl (C=O) groups excluding carboxylic acids is 2. The van der Waals surface area contributed by atoms with E-state index in [1.54, 1.807) is 16.8 Å². The maximum atomic E-state index is 14.1. The number of halogens is 1. The maximum absolute atomic E-state index is 14.1. The SMILES string of the molecule is Cc1ccc(F)c(N2CCC[C@H](NC(=O)CCn3cncn3)C2=O)c1. The van der Waals surface area contributed by atoms with E-state index in [2.05, 4.69) is 15.4 Å². The Balaban J connectivity index is 1.63. The number of piperidine rings is 1. The summed E-state index contributed by atoms with van der Waals surface area (Å²) in [5.74, 6) is -0.942. The van der Waals surface area contributed by atoms with Gasteiger partial charge in [-0.25, -0.2) is 9.37 Å². The average Bonchev–Trinajstić information content (AvgIpc) is 3.11. The molecule has 0 unspecified atom stereocenters. The fraction of sp³-hybridized carbons (Fsp3) is 0.412. The molecule has 8 heteroatoms. The van der Waals surface area contributed by atoms with Gasteiger partial charge in [-0.05, 0) is 37.5 Å². The fourth-order valence-electron chi connectivity index (χ4n) is 2.91. The van der Waals surface area contributed by atoms with Crippen molar-refractivity contribution in [3.63, 3.8) is 0 Å². The minimum atomic E-state index is -0.628. The number of hydrogen-bond acceptors (Lipinski definition) is 4. The smallest absolute Gasteiger partial charge is 0.249 e. The van der Waals surface area contributed by atoms with Crippen LogP contribution in [0.4, 0.5) is 10.1 Å². The lowest BCUT2D eigenvalue weighted by Crippen LogP contribution is -2.52. The second-order valence-electron chi connectivity index (χ2n) is 6.12. The minimum absolute atomic E-state index is 0.200. The third-order valence-electron chi connectivity index (χ3n) is 4.20. The Morgan fingerprint density at radius 3 is 3.04 bits per heavy atom. The average molecular weight is 345 g/mol. The summed E-state index contributed by atoms with van der Waals surface area (Å²) in [5, 5.41) is 6.68. The highest BCUT2D eigenvalue weighted by molar-refractivity contribution is 6.00. The van der Waals surface area contributed by atoms with E-state index in [0.717, 1.165) is 5.56 Å². The Labute approximate surface area is 144 Å². The summed E-state index contributed by atoms with van der Waals surface area (Å²) >= 11 is 0. The molecule has 1 aromatic heterocycles. The molecule has 1 atom stereocenters. The van der Waals surface area contributed by atoms with Crippen molar-refractivity contribution in [2.75, 3.05) is 11.4 Å². The van der Waals surface area contributed by atoms with Gasteiger partial charge in [-0.3, -0.25) is 14.3 Å². The molecular formula is C17H20FN5O2. The van der Waals surface area contributed by atoms with E-state index < -0.39 is 11.9 Å². The summed E-state index contributed by atoms with van der Waals surface area (Å²) in [4.78, 5) is 30.0. The normalized spacial score (nSPS) is 17.6. The Bertz CT molecular complexity index is 762. The summed E-state index contributed by atoms with van der Waals surface area (Å²) in [6, 6.07) is 4.05. The van der Waals surface area contributed by atoms with Crippen molar-refractivity contribution < 1.29 is 14.0 Å². The summed E-state index contributed by atoms with van der Waals surface area (Å²) in [7, 11) is 0. The molecule has 25 heavy (non-hydrogen) atoms. The molecule has 0 saturated carbocycles. The van der Waals surface area contributed by atoms with Gasteiger partial charge in [0.1, 0.15) is 24.5 Å². The van der Waals surface area contributed by atoms with Crippen molar-refractivity contribution in [1.82, 2.24) is 20.1 Å². The molecule has 1 saturated heterocycles. The largest absolute Gasteiger partial charge is 0.344 e. The third kappa shape index (κ3) is 4.01. The van der Waals surface area contributed by atoms with Crippen molar-refractivity contribution >= 4 is 17.5 Å². The molecule has 7 nitrogen and oxygen atoms in total. The van der Waals surface area contributed by atoms with E-state index in [-0.39, 0.29) is 23.9 Å². The molecule has 0 bridgehead atoms. The summed E-state index contributed by atoms with van der Waals surface area (Å²) in [6.45, 7) is 2.69. The zero-order chi connectivity index (χ0) is 17.8. The minimum Gasteiger partial charge on any atom is -0.344 e. The highest BCUT2D eigenvalue weighted by atomic mass is 19.1. The van der Waals surface area contributed by atoms with Crippen LogP contribution in [0.1, 0.15) is 24.8 Å². The summed E-state index contributed by atoms with van der Waals surface area (Å²) in [6.07, 6.45) is 4.38. The highest BCUT2D eigenvalue weighted by Gasteiger charge is 2.31. The number of hydrogen-bond donors (Lipinski definition) is 1. The molecule has 0 spiro atoms. The zero-order valence-corrected chi connectivity index (χ0v) is 14.0. The van der Waals surface area contributed by atoms with E-state index in [4.69, 9.17) is 0 Å². The number of carbonyl (C=O) groups is 2. The molecule has 2 aromatic rings. The number of benzene rings is 1. The molecule has 1 fully saturated rings. The first-order valence-corrected chi connectivity index (χ1v) is 8.24. The van der Waals surface area contributed by atoms with E-state index in [9.17, 15) is 14.0 Å². The van der Waals surface area contributed by atoms with Gasteiger partial charge >= 0.3 is 0 Å². The number of anilines is 1. The molecule has 2 heterocycles. The number of nitrogens with zero attached hydrogens (tertiary/aromatic N) is 4. The molecule has 2 amide bonds. The van der Waals surface area contributed by atoms with Crippen molar-refractivity contribution in [1.29, 1.82) is 0 Å². The molecule has 1 aliphatic rings. The highest BCUT2D eigenvalue weighted by Crippen LogP contribution is 2.25. The number of amides is 2. The monoisotopic (exact) mass is 345 g/mol. The first-order valence-electron chi connectivity index (χ1n) is 8.24. The van der Waals surface area contributed by atoms with Crippen LogP contribution in [0.25, 0.3) is 0 Å². The molecule has 1 N–H and O–H groups in total. The van der Waals surface area contributed by atoms with Gasteiger partial charge < -0.3 is 10.2 Å². The maximum Gasteiger partial charge on any atom is 0.249 e. The zero-order valence-electron chi connectivity index (χ0n) is 14.0. The first-order chi connectivity index (χ1) is 12.0. The van der Waals surface area contributed by atoms with E-state index in [1.807, 2.05) is 6.92 Å². The Kier molecular flexibility index (Phi) is 5.06. The number of nitrogens with one attached hydrogen (secondary N) is 1. The number of rotatable bonds is 5. The summed E-state index contributed by atoms with van der Waals surface area (Å²) < 4.78 is 15.7. The van der Waals surface area contributed by atoms with E-state index in [0.29, 0.717) is 25.9 Å². The molecule has 0 aliphatic carbocycles. The van der Waals surface area contributed by atoms with Crippen LogP contribution < -0.4 is 10.2 Å². The van der Waals surface area contributed by atoms with Crippen molar-refractivity contribution in [2.45, 2.75) is 38.8 Å². The molecule has 1 aliphatic heterocycles. The van der Waals surface area contributed by atoms with Gasteiger partial charge in [-0.1, -0.05) is 6.07 Å². The number of aromatic nitrogens is 3. The summed E-state index contributed by atoms with van der Waals surface area (Å²) in [5.41, 5.74) is 1.15. The lowest BCUT2D eigenvalue weighted by Gasteiger charge is -2.33. The standard InChI is InChI=1S/C17H20FN5O2/c1-12-4-5-13(18)15(9-12)23-7-2-3-14(17(23)25)21-16(24)6-8-22-11-19-10-20-22/h4-5,9-11,14H,2-3,6-8H2,1H3,(H,21,24)/t14-/m0/s1. The molecular weight excluding hydrogens is 325 g/mol. The van der Waals surface area contributed by atoms with Crippen LogP contribution in [-0.4, -0.2) is 39.2 Å². The third-order valence-corrected chi connectivity index (χ3v) is 4.20. The quantitative estimate of drug-likeness (QED) is 0.889. The Morgan fingerprint density at radius 2 is 2.28 bits per heavy atom. The van der Waals surface area contributed by atoms with Gasteiger partial charge in [-0.2, -0.15) is 5.10 Å². The lowest BCUT2D eigenvalue weighted by atomic mass is 10.0. The Morgan fingerprint density at radius 1 is 1.44 bits per heavy atom. The van der Waals surface area contributed by atoms with Crippen LogP contribution in [0.15, 0.2) is 30.9 Å². The van der Waals surface area contributed by atoms with Gasteiger partial charge in [0.05, 0.1) is 12.2 Å². The van der Waals surface area contributed by atoms with Gasteiger partial charge in [0.2, 0.25) is 11.8 Å². The first kappa shape index (κ1) is 17.1. The predicted molar refractivity (Wildman–Crippen MR) is 89.3 cm³/mol. The van der Waals surface area contributed by atoms with E-state index in [1.165, 1.54) is 23.6 Å². The molecule has 132 valence electrons. The van der Waals surface area contributed by atoms with Crippen molar-refractivity contribution in [3.05, 3.63) is 42.2 Å². The van der Waals surface area contributed by atoms with Crippen LogP contribution in [0, 0.1) is 12.7 Å². The van der Waals surface area contributed by atoms with Crippen LogP contribution in [-0.2, 0) is 16.1 Å². The molecule has 3 rings (SSSR count). The van der Waals surface area contributed by atoms with Crippen molar-refractivity contribution in [2.24, 2.45) is 0 Å². The molecule has 1 aromatic carbocycles. The van der Waals surface area contributed by atoms with Crippen LogP contribution >= 0.6 is 0 Å².